The van der Waals surface area contributed by atoms with Crippen molar-refractivity contribution >= 4 is 5.82 Å². The SMILES string of the molecule is COc1ccc(O)c(CN2CCc3c(nc(C(C)C)nc3N3CCCC3)C2)c1. The molecular formula is C22H30N4O2. The molecule has 1 N–H and O–H groups in total. The van der Waals surface area contributed by atoms with Gasteiger partial charge in [-0.15, -0.1) is 0 Å². The number of methoxy groups -OCH3 is 1. The topological polar surface area (TPSA) is 61.7 Å². The third-order valence-corrected chi connectivity index (χ3v) is 5.74. The maximum atomic E-state index is 10.2. The van der Waals surface area contributed by atoms with Gasteiger partial charge in [0.2, 0.25) is 0 Å². The Morgan fingerprint density at radius 1 is 1.14 bits per heavy atom. The molecule has 6 heteroatoms. The Hall–Kier alpha value is -2.34. The molecule has 0 unspecified atom stereocenters. The summed E-state index contributed by atoms with van der Waals surface area (Å²) in [7, 11) is 1.65. The average molecular weight is 383 g/mol. The first-order chi connectivity index (χ1) is 13.5. The van der Waals surface area contributed by atoms with E-state index in [0.29, 0.717) is 18.2 Å². The van der Waals surface area contributed by atoms with Crippen LogP contribution in [0.5, 0.6) is 11.5 Å². The van der Waals surface area contributed by atoms with Gasteiger partial charge in [-0.05, 0) is 37.5 Å². The van der Waals surface area contributed by atoms with Crippen LogP contribution in [-0.2, 0) is 19.5 Å². The third kappa shape index (κ3) is 3.78. The van der Waals surface area contributed by atoms with Gasteiger partial charge in [0.1, 0.15) is 23.1 Å². The first-order valence-electron chi connectivity index (χ1n) is 10.3. The molecule has 0 atom stereocenters. The summed E-state index contributed by atoms with van der Waals surface area (Å²) in [6.07, 6.45) is 3.44. The minimum Gasteiger partial charge on any atom is -0.508 e. The number of hydrogen-bond acceptors (Lipinski definition) is 6. The maximum Gasteiger partial charge on any atom is 0.135 e. The lowest BCUT2D eigenvalue weighted by atomic mass is 10.0. The van der Waals surface area contributed by atoms with Gasteiger partial charge < -0.3 is 14.7 Å². The van der Waals surface area contributed by atoms with Crippen LogP contribution >= 0.6 is 0 Å². The number of benzene rings is 1. The van der Waals surface area contributed by atoms with E-state index in [2.05, 4.69) is 23.6 Å². The molecule has 1 saturated heterocycles. The van der Waals surface area contributed by atoms with Gasteiger partial charge in [0.05, 0.1) is 12.8 Å². The fourth-order valence-corrected chi connectivity index (χ4v) is 4.12. The van der Waals surface area contributed by atoms with Gasteiger partial charge >= 0.3 is 0 Å². The molecule has 0 amide bonds. The van der Waals surface area contributed by atoms with Crippen LogP contribution in [0.25, 0.3) is 0 Å². The number of nitrogens with zero attached hydrogens (tertiary/aromatic N) is 4. The van der Waals surface area contributed by atoms with Crippen molar-refractivity contribution in [1.29, 1.82) is 0 Å². The third-order valence-electron chi connectivity index (χ3n) is 5.74. The summed E-state index contributed by atoms with van der Waals surface area (Å²) in [5.41, 5.74) is 3.35. The summed E-state index contributed by atoms with van der Waals surface area (Å²) in [5, 5.41) is 10.2. The molecule has 1 aromatic carbocycles. The first-order valence-corrected chi connectivity index (χ1v) is 10.3. The zero-order valence-corrected chi connectivity index (χ0v) is 17.1. The summed E-state index contributed by atoms with van der Waals surface area (Å²) >= 11 is 0. The summed E-state index contributed by atoms with van der Waals surface area (Å²) in [4.78, 5) is 14.7. The molecule has 0 radical (unpaired) electrons. The van der Waals surface area contributed by atoms with Crippen molar-refractivity contribution in [3.63, 3.8) is 0 Å². The van der Waals surface area contributed by atoms with Gasteiger partial charge in [-0.1, -0.05) is 13.8 Å². The lowest BCUT2D eigenvalue weighted by Gasteiger charge is -2.32. The van der Waals surface area contributed by atoms with E-state index in [1.54, 1.807) is 19.2 Å². The zero-order valence-electron chi connectivity index (χ0n) is 17.1. The minimum atomic E-state index is 0.310. The second-order valence-electron chi connectivity index (χ2n) is 8.13. The quantitative estimate of drug-likeness (QED) is 0.854. The van der Waals surface area contributed by atoms with Crippen molar-refractivity contribution in [1.82, 2.24) is 14.9 Å². The number of aromatic hydroxyl groups is 1. The fraction of sp³-hybridized carbons (Fsp3) is 0.545. The van der Waals surface area contributed by atoms with Crippen LogP contribution in [0.3, 0.4) is 0 Å². The molecule has 3 heterocycles. The monoisotopic (exact) mass is 382 g/mol. The van der Waals surface area contributed by atoms with E-state index in [-0.39, 0.29) is 0 Å². The van der Waals surface area contributed by atoms with Gasteiger partial charge in [0, 0.05) is 49.8 Å². The first kappa shape index (κ1) is 19.0. The van der Waals surface area contributed by atoms with Crippen molar-refractivity contribution in [3.05, 3.63) is 40.8 Å². The van der Waals surface area contributed by atoms with Crippen molar-refractivity contribution in [2.45, 2.75) is 52.1 Å². The molecule has 0 aliphatic carbocycles. The highest BCUT2D eigenvalue weighted by Crippen LogP contribution is 2.32. The Labute approximate surface area is 167 Å². The van der Waals surface area contributed by atoms with E-state index in [1.165, 1.54) is 18.4 Å². The maximum absolute atomic E-state index is 10.2. The summed E-state index contributed by atoms with van der Waals surface area (Å²) in [6, 6.07) is 5.41. The van der Waals surface area contributed by atoms with Gasteiger partial charge in [0.15, 0.2) is 0 Å². The Bertz CT molecular complexity index is 847. The van der Waals surface area contributed by atoms with Crippen molar-refractivity contribution in [3.8, 4) is 11.5 Å². The molecular weight excluding hydrogens is 352 g/mol. The number of anilines is 1. The molecule has 150 valence electrons. The highest BCUT2D eigenvalue weighted by Gasteiger charge is 2.27. The van der Waals surface area contributed by atoms with E-state index in [1.807, 2.05) is 6.07 Å². The molecule has 2 aliphatic heterocycles. The second kappa shape index (κ2) is 7.95. The van der Waals surface area contributed by atoms with E-state index in [0.717, 1.165) is 61.2 Å². The Morgan fingerprint density at radius 3 is 2.64 bits per heavy atom. The molecule has 0 saturated carbocycles. The molecule has 0 bridgehead atoms. The number of fused-ring (bicyclic) bond motifs is 1. The fourth-order valence-electron chi connectivity index (χ4n) is 4.12. The number of hydrogen-bond donors (Lipinski definition) is 1. The molecule has 2 aliphatic rings. The number of ether oxygens (including phenoxy) is 1. The van der Waals surface area contributed by atoms with Crippen LogP contribution in [0.1, 0.15) is 55.3 Å². The lowest BCUT2D eigenvalue weighted by molar-refractivity contribution is 0.237. The smallest absolute Gasteiger partial charge is 0.135 e. The summed E-state index contributed by atoms with van der Waals surface area (Å²) in [6.45, 7) is 8.92. The van der Waals surface area contributed by atoms with E-state index in [9.17, 15) is 5.11 Å². The second-order valence-corrected chi connectivity index (χ2v) is 8.13. The normalized spacial score (nSPS) is 17.2. The van der Waals surface area contributed by atoms with Crippen LogP contribution in [0.15, 0.2) is 18.2 Å². The number of phenols is 1. The Morgan fingerprint density at radius 2 is 1.93 bits per heavy atom. The Kier molecular flexibility index (Phi) is 5.40. The van der Waals surface area contributed by atoms with Gasteiger partial charge in [-0.25, -0.2) is 9.97 Å². The predicted molar refractivity (Wildman–Crippen MR) is 110 cm³/mol. The largest absolute Gasteiger partial charge is 0.508 e. The molecule has 6 nitrogen and oxygen atoms in total. The molecule has 1 fully saturated rings. The van der Waals surface area contributed by atoms with Crippen LogP contribution in [0.4, 0.5) is 5.82 Å². The molecule has 1 aromatic heterocycles. The molecule has 4 rings (SSSR count). The van der Waals surface area contributed by atoms with Gasteiger partial charge in [-0.2, -0.15) is 0 Å². The van der Waals surface area contributed by atoms with Crippen LogP contribution in [-0.4, -0.2) is 46.7 Å². The van der Waals surface area contributed by atoms with Crippen LogP contribution in [0, 0.1) is 0 Å². The van der Waals surface area contributed by atoms with E-state index < -0.39 is 0 Å². The predicted octanol–water partition coefficient (Wildman–Crippen LogP) is 3.47. The minimum absolute atomic E-state index is 0.310. The van der Waals surface area contributed by atoms with E-state index >= 15 is 0 Å². The number of phenolic OH excluding ortho intramolecular Hbond substituents is 1. The standard InChI is InChI=1S/C22H30N4O2/c1-15(2)21-23-19-14-25(13-16-12-17(28-3)6-7-20(16)27)11-8-18(19)22(24-21)26-9-4-5-10-26/h6-7,12,15,27H,4-5,8-11,13-14H2,1-3H3. The van der Waals surface area contributed by atoms with Crippen molar-refractivity contribution in [2.75, 3.05) is 31.6 Å². The van der Waals surface area contributed by atoms with Gasteiger partial charge in [0.25, 0.3) is 0 Å². The van der Waals surface area contributed by atoms with Crippen LogP contribution < -0.4 is 9.64 Å². The molecule has 0 spiro atoms. The highest BCUT2D eigenvalue weighted by atomic mass is 16.5. The zero-order chi connectivity index (χ0) is 19.7. The van der Waals surface area contributed by atoms with E-state index in [4.69, 9.17) is 14.7 Å². The summed E-state index contributed by atoms with van der Waals surface area (Å²) in [5.74, 6) is 3.49. The Balaban J connectivity index is 1.61. The highest BCUT2D eigenvalue weighted by molar-refractivity contribution is 5.51. The van der Waals surface area contributed by atoms with Crippen molar-refractivity contribution in [2.24, 2.45) is 0 Å². The van der Waals surface area contributed by atoms with Crippen LogP contribution in [0.2, 0.25) is 0 Å². The average Bonchev–Trinajstić information content (AvgIpc) is 3.23. The molecule has 2 aromatic rings. The lowest BCUT2D eigenvalue weighted by Crippen LogP contribution is -2.33. The van der Waals surface area contributed by atoms with Gasteiger partial charge in [-0.3, -0.25) is 4.90 Å². The van der Waals surface area contributed by atoms with Crippen molar-refractivity contribution < 1.29 is 9.84 Å². The molecule has 28 heavy (non-hydrogen) atoms. The number of aromatic nitrogens is 2. The number of rotatable bonds is 5. The summed E-state index contributed by atoms with van der Waals surface area (Å²) < 4.78 is 5.31.